The number of amides is 2. The highest BCUT2D eigenvalue weighted by Crippen LogP contribution is 2.24. The van der Waals surface area contributed by atoms with Crippen molar-refractivity contribution in [2.24, 2.45) is 5.92 Å². The van der Waals surface area contributed by atoms with E-state index in [1.54, 1.807) is 20.8 Å². The van der Waals surface area contributed by atoms with Crippen LogP contribution in [0.1, 0.15) is 53.4 Å². The Kier molecular flexibility index (Phi) is 5.20. The lowest BCUT2D eigenvalue weighted by Crippen LogP contribution is -2.58. The first-order chi connectivity index (χ1) is 8.80. The standard InChI is InChI=1S/C14H26N2O3/c1-5-16(14(3,4)12(17)18)13(19)15-11-9-7-6-8-10(11)2/h10-11H,5-9H2,1-4H3,(H,15,19)(H,17,18). The van der Waals surface area contributed by atoms with Gasteiger partial charge in [0, 0.05) is 12.6 Å². The van der Waals surface area contributed by atoms with Gasteiger partial charge in [-0.2, -0.15) is 0 Å². The van der Waals surface area contributed by atoms with Crippen molar-refractivity contribution >= 4 is 12.0 Å². The first-order valence-corrected chi connectivity index (χ1v) is 7.12. The van der Waals surface area contributed by atoms with Gasteiger partial charge in [0.2, 0.25) is 0 Å². The Labute approximate surface area is 115 Å². The van der Waals surface area contributed by atoms with E-state index >= 15 is 0 Å². The molecule has 0 aromatic rings. The molecule has 5 nitrogen and oxygen atoms in total. The predicted molar refractivity (Wildman–Crippen MR) is 74.0 cm³/mol. The van der Waals surface area contributed by atoms with Gasteiger partial charge in [-0.1, -0.05) is 19.8 Å². The highest BCUT2D eigenvalue weighted by atomic mass is 16.4. The molecule has 1 aliphatic rings. The molecule has 0 aromatic carbocycles. The van der Waals surface area contributed by atoms with Crippen LogP contribution in [0.4, 0.5) is 4.79 Å². The van der Waals surface area contributed by atoms with E-state index in [0.29, 0.717) is 12.5 Å². The number of carboxylic acid groups (broad SMARTS) is 1. The Morgan fingerprint density at radius 3 is 2.37 bits per heavy atom. The van der Waals surface area contributed by atoms with Crippen LogP contribution >= 0.6 is 0 Å². The maximum atomic E-state index is 12.3. The van der Waals surface area contributed by atoms with E-state index < -0.39 is 11.5 Å². The quantitative estimate of drug-likeness (QED) is 0.824. The third kappa shape index (κ3) is 3.61. The second kappa shape index (κ2) is 6.26. The van der Waals surface area contributed by atoms with Crippen LogP contribution in [0, 0.1) is 5.92 Å². The van der Waals surface area contributed by atoms with Gasteiger partial charge in [0.15, 0.2) is 0 Å². The van der Waals surface area contributed by atoms with Gasteiger partial charge in [0.25, 0.3) is 0 Å². The molecule has 2 amide bonds. The number of rotatable bonds is 4. The number of carbonyl (C=O) groups excluding carboxylic acids is 1. The fraction of sp³-hybridized carbons (Fsp3) is 0.857. The largest absolute Gasteiger partial charge is 0.480 e. The van der Waals surface area contributed by atoms with E-state index in [0.717, 1.165) is 19.3 Å². The van der Waals surface area contributed by atoms with Crippen molar-refractivity contribution in [1.29, 1.82) is 0 Å². The van der Waals surface area contributed by atoms with Gasteiger partial charge in [-0.3, -0.25) is 0 Å². The van der Waals surface area contributed by atoms with Crippen LogP contribution in [0.2, 0.25) is 0 Å². The van der Waals surface area contributed by atoms with E-state index in [-0.39, 0.29) is 12.1 Å². The molecule has 0 heterocycles. The average molecular weight is 270 g/mol. The van der Waals surface area contributed by atoms with Crippen molar-refractivity contribution in [1.82, 2.24) is 10.2 Å². The van der Waals surface area contributed by atoms with Crippen molar-refractivity contribution in [3.63, 3.8) is 0 Å². The summed E-state index contributed by atoms with van der Waals surface area (Å²) in [4.78, 5) is 24.9. The van der Waals surface area contributed by atoms with Crippen molar-refractivity contribution < 1.29 is 14.7 Å². The molecule has 0 aliphatic heterocycles. The molecule has 110 valence electrons. The van der Waals surface area contributed by atoms with Gasteiger partial charge >= 0.3 is 12.0 Å². The fourth-order valence-electron chi connectivity index (χ4n) is 2.68. The van der Waals surface area contributed by atoms with E-state index in [4.69, 9.17) is 0 Å². The van der Waals surface area contributed by atoms with Gasteiger partial charge in [0.1, 0.15) is 5.54 Å². The third-order valence-corrected chi connectivity index (χ3v) is 4.18. The molecule has 1 fully saturated rings. The molecule has 0 bridgehead atoms. The van der Waals surface area contributed by atoms with Crippen LogP contribution < -0.4 is 5.32 Å². The molecule has 2 N–H and O–H groups in total. The molecular formula is C14H26N2O3. The highest BCUT2D eigenvalue weighted by Gasteiger charge is 2.38. The van der Waals surface area contributed by atoms with E-state index in [1.165, 1.54) is 11.3 Å². The van der Waals surface area contributed by atoms with E-state index in [9.17, 15) is 14.7 Å². The summed E-state index contributed by atoms with van der Waals surface area (Å²) < 4.78 is 0. The number of hydrogen-bond donors (Lipinski definition) is 2. The number of nitrogens with zero attached hydrogens (tertiary/aromatic N) is 1. The number of nitrogens with one attached hydrogen (secondary N) is 1. The second-order valence-corrected chi connectivity index (χ2v) is 5.93. The molecule has 1 saturated carbocycles. The normalized spacial score (nSPS) is 23.8. The maximum absolute atomic E-state index is 12.3. The SMILES string of the molecule is CCN(C(=O)NC1CCCCC1C)C(C)(C)C(=O)O. The Bertz CT molecular complexity index is 342. The summed E-state index contributed by atoms with van der Waals surface area (Å²) in [5.74, 6) is -0.523. The van der Waals surface area contributed by atoms with Gasteiger partial charge < -0.3 is 15.3 Å². The number of aliphatic carboxylic acids is 1. The third-order valence-electron chi connectivity index (χ3n) is 4.18. The van der Waals surface area contributed by atoms with Crippen molar-refractivity contribution in [3.8, 4) is 0 Å². The summed E-state index contributed by atoms with van der Waals surface area (Å²) in [5, 5.41) is 12.2. The molecule has 5 heteroatoms. The average Bonchev–Trinajstić information content (AvgIpc) is 2.32. The molecule has 1 rings (SSSR count). The van der Waals surface area contributed by atoms with Crippen LogP contribution in [-0.4, -0.2) is 40.1 Å². The minimum absolute atomic E-state index is 0.167. The lowest BCUT2D eigenvalue weighted by atomic mass is 9.86. The van der Waals surface area contributed by atoms with Gasteiger partial charge in [0.05, 0.1) is 0 Å². The minimum Gasteiger partial charge on any atom is -0.480 e. The molecule has 0 radical (unpaired) electrons. The second-order valence-electron chi connectivity index (χ2n) is 5.93. The summed E-state index contributed by atoms with van der Waals surface area (Å²) >= 11 is 0. The summed E-state index contributed by atoms with van der Waals surface area (Å²) in [6.07, 6.45) is 4.45. The minimum atomic E-state index is -1.18. The van der Waals surface area contributed by atoms with Gasteiger partial charge in [-0.05, 0) is 39.5 Å². The summed E-state index contributed by atoms with van der Waals surface area (Å²) in [6.45, 7) is 7.44. The van der Waals surface area contributed by atoms with Crippen LogP contribution in [0.5, 0.6) is 0 Å². The zero-order valence-electron chi connectivity index (χ0n) is 12.4. The number of likely N-dealkylation sites (N-methyl/N-ethyl adjacent to an activating group) is 1. The predicted octanol–water partition coefficient (Wildman–Crippen LogP) is 2.46. The van der Waals surface area contributed by atoms with Crippen molar-refractivity contribution in [2.45, 2.75) is 65.0 Å². The molecule has 2 atom stereocenters. The zero-order chi connectivity index (χ0) is 14.6. The van der Waals surface area contributed by atoms with E-state index in [2.05, 4.69) is 12.2 Å². The number of carbonyl (C=O) groups is 2. The summed E-state index contributed by atoms with van der Waals surface area (Å²) in [5.41, 5.74) is -1.18. The Morgan fingerprint density at radius 1 is 1.32 bits per heavy atom. The Balaban J connectivity index is 2.71. The lowest BCUT2D eigenvalue weighted by molar-refractivity contribution is -0.147. The first kappa shape index (κ1) is 15.8. The Hall–Kier alpha value is -1.26. The lowest BCUT2D eigenvalue weighted by Gasteiger charge is -2.37. The smallest absolute Gasteiger partial charge is 0.329 e. The highest BCUT2D eigenvalue weighted by molar-refractivity contribution is 5.85. The van der Waals surface area contributed by atoms with Crippen LogP contribution in [0.15, 0.2) is 0 Å². The van der Waals surface area contributed by atoms with Gasteiger partial charge in [-0.15, -0.1) is 0 Å². The van der Waals surface area contributed by atoms with Crippen LogP contribution in [-0.2, 0) is 4.79 Å². The summed E-state index contributed by atoms with van der Waals surface area (Å²) in [7, 11) is 0. The molecule has 0 saturated heterocycles. The number of hydrogen-bond acceptors (Lipinski definition) is 2. The molecule has 1 aliphatic carbocycles. The molecule has 2 unspecified atom stereocenters. The topological polar surface area (TPSA) is 69.6 Å². The van der Waals surface area contributed by atoms with Gasteiger partial charge in [-0.25, -0.2) is 9.59 Å². The molecule has 0 spiro atoms. The maximum Gasteiger partial charge on any atom is 0.329 e. The van der Waals surface area contributed by atoms with Crippen molar-refractivity contribution in [3.05, 3.63) is 0 Å². The fourth-order valence-corrected chi connectivity index (χ4v) is 2.68. The summed E-state index contributed by atoms with van der Waals surface area (Å²) in [6, 6.07) is -0.103. The van der Waals surface area contributed by atoms with Crippen molar-refractivity contribution in [2.75, 3.05) is 6.54 Å². The molecular weight excluding hydrogens is 244 g/mol. The van der Waals surface area contributed by atoms with E-state index in [1.807, 2.05) is 0 Å². The Morgan fingerprint density at radius 2 is 1.89 bits per heavy atom. The zero-order valence-corrected chi connectivity index (χ0v) is 12.4. The molecule has 0 aromatic heterocycles. The number of carboxylic acids is 1. The van der Waals surface area contributed by atoms with Crippen LogP contribution in [0.3, 0.4) is 0 Å². The van der Waals surface area contributed by atoms with Crippen LogP contribution in [0.25, 0.3) is 0 Å². The first-order valence-electron chi connectivity index (χ1n) is 7.12. The monoisotopic (exact) mass is 270 g/mol. The molecule has 19 heavy (non-hydrogen) atoms. The number of urea groups is 1.